The first kappa shape index (κ1) is 8.91. The maximum Gasteiger partial charge on any atom is 0.243 e. The Kier molecular flexibility index (Phi) is 3.24. The van der Waals surface area contributed by atoms with Crippen molar-refractivity contribution >= 4 is 0 Å². The van der Waals surface area contributed by atoms with Crippen molar-refractivity contribution in [3.8, 4) is 0 Å². The van der Waals surface area contributed by atoms with Gasteiger partial charge in [0.05, 0.1) is 6.61 Å². The summed E-state index contributed by atoms with van der Waals surface area (Å²) in [5.41, 5.74) is 0. The zero-order chi connectivity index (χ0) is 8.27. The minimum Gasteiger partial charge on any atom is -0.396 e. The number of hydrogen-bond acceptors (Lipinski definition) is 1. The molecule has 0 spiro atoms. The Morgan fingerprint density at radius 2 is 1.82 bits per heavy atom. The standard InChI is InChI=1S/C8H14F2O/c9-8(10)7(5-11)6-3-1-2-4-6/h6-8,11H,1-5H2. The van der Waals surface area contributed by atoms with Crippen LogP contribution in [0.25, 0.3) is 0 Å². The molecular weight excluding hydrogens is 150 g/mol. The molecule has 11 heavy (non-hydrogen) atoms. The van der Waals surface area contributed by atoms with Crippen LogP contribution in [0.15, 0.2) is 0 Å². The van der Waals surface area contributed by atoms with Crippen LogP contribution < -0.4 is 0 Å². The Hall–Kier alpha value is -0.180. The van der Waals surface area contributed by atoms with Crippen molar-refractivity contribution in [2.24, 2.45) is 11.8 Å². The Morgan fingerprint density at radius 3 is 2.18 bits per heavy atom. The van der Waals surface area contributed by atoms with Gasteiger partial charge in [-0.2, -0.15) is 0 Å². The number of hydrogen-bond donors (Lipinski definition) is 1. The smallest absolute Gasteiger partial charge is 0.243 e. The fourth-order valence-electron chi connectivity index (χ4n) is 1.82. The van der Waals surface area contributed by atoms with E-state index in [1.54, 1.807) is 0 Å². The molecule has 66 valence electrons. The first-order chi connectivity index (χ1) is 5.25. The van der Waals surface area contributed by atoms with E-state index in [4.69, 9.17) is 5.11 Å². The van der Waals surface area contributed by atoms with Gasteiger partial charge in [-0.25, -0.2) is 8.78 Å². The third-order valence-electron chi connectivity index (χ3n) is 2.54. The van der Waals surface area contributed by atoms with E-state index in [1.165, 1.54) is 0 Å². The van der Waals surface area contributed by atoms with Crippen LogP contribution in [0.4, 0.5) is 8.78 Å². The molecule has 0 radical (unpaired) electrons. The minimum absolute atomic E-state index is 0.0694. The van der Waals surface area contributed by atoms with Gasteiger partial charge in [0.2, 0.25) is 6.43 Å². The Morgan fingerprint density at radius 1 is 1.27 bits per heavy atom. The minimum atomic E-state index is -2.34. The largest absolute Gasteiger partial charge is 0.396 e. The molecule has 1 atom stereocenters. The van der Waals surface area contributed by atoms with E-state index in [1.807, 2.05) is 0 Å². The molecule has 1 fully saturated rings. The highest BCUT2D eigenvalue weighted by atomic mass is 19.3. The van der Waals surface area contributed by atoms with Crippen molar-refractivity contribution in [3.63, 3.8) is 0 Å². The predicted octanol–water partition coefficient (Wildman–Crippen LogP) is 2.05. The molecule has 0 heterocycles. The molecule has 0 bridgehead atoms. The second-order valence-electron chi connectivity index (χ2n) is 3.23. The van der Waals surface area contributed by atoms with Crippen LogP contribution in [-0.4, -0.2) is 18.1 Å². The van der Waals surface area contributed by atoms with Crippen molar-refractivity contribution in [1.29, 1.82) is 0 Å². The summed E-state index contributed by atoms with van der Waals surface area (Å²) < 4.78 is 24.4. The normalized spacial score (nSPS) is 22.9. The lowest BCUT2D eigenvalue weighted by Crippen LogP contribution is -2.23. The molecule has 1 nitrogen and oxygen atoms in total. The lowest BCUT2D eigenvalue weighted by Gasteiger charge is -2.19. The van der Waals surface area contributed by atoms with Gasteiger partial charge in [-0.15, -0.1) is 0 Å². The highest BCUT2D eigenvalue weighted by molar-refractivity contribution is 4.76. The molecule has 0 aromatic carbocycles. The van der Waals surface area contributed by atoms with Crippen molar-refractivity contribution < 1.29 is 13.9 Å². The van der Waals surface area contributed by atoms with E-state index in [9.17, 15) is 8.78 Å². The van der Waals surface area contributed by atoms with Crippen LogP contribution in [0.2, 0.25) is 0 Å². The Bertz CT molecular complexity index is 111. The molecule has 1 rings (SSSR count). The molecule has 1 unspecified atom stereocenters. The first-order valence-electron chi connectivity index (χ1n) is 4.14. The van der Waals surface area contributed by atoms with Gasteiger partial charge in [-0.3, -0.25) is 0 Å². The molecule has 1 N–H and O–H groups in total. The summed E-state index contributed by atoms with van der Waals surface area (Å²) in [6.45, 7) is -0.359. The molecule has 3 heteroatoms. The lowest BCUT2D eigenvalue weighted by molar-refractivity contribution is 0.0100. The molecule has 0 aromatic heterocycles. The Balaban J connectivity index is 2.40. The number of halogens is 2. The van der Waals surface area contributed by atoms with E-state index >= 15 is 0 Å². The topological polar surface area (TPSA) is 20.2 Å². The molecule has 1 aliphatic rings. The highest BCUT2D eigenvalue weighted by Gasteiger charge is 2.30. The van der Waals surface area contributed by atoms with Crippen LogP contribution in [0, 0.1) is 11.8 Å². The van der Waals surface area contributed by atoms with Gasteiger partial charge in [0, 0.05) is 5.92 Å². The summed E-state index contributed by atoms with van der Waals surface area (Å²) in [6.07, 6.45) is 1.50. The zero-order valence-corrected chi connectivity index (χ0v) is 6.47. The van der Waals surface area contributed by atoms with E-state index in [-0.39, 0.29) is 12.5 Å². The summed E-state index contributed by atoms with van der Waals surface area (Å²) in [6, 6.07) is 0. The average Bonchev–Trinajstić information content (AvgIpc) is 2.40. The van der Waals surface area contributed by atoms with Gasteiger partial charge in [-0.05, 0) is 18.8 Å². The monoisotopic (exact) mass is 164 g/mol. The van der Waals surface area contributed by atoms with Crippen LogP contribution in [-0.2, 0) is 0 Å². The van der Waals surface area contributed by atoms with Crippen molar-refractivity contribution in [2.75, 3.05) is 6.61 Å². The number of aliphatic hydroxyl groups excluding tert-OH is 1. The molecule has 1 aliphatic carbocycles. The molecule has 0 amide bonds. The number of aliphatic hydroxyl groups is 1. The maximum absolute atomic E-state index is 12.2. The molecular formula is C8H14F2O. The van der Waals surface area contributed by atoms with Gasteiger partial charge in [0.25, 0.3) is 0 Å². The predicted molar refractivity (Wildman–Crippen MR) is 38.5 cm³/mol. The van der Waals surface area contributed by atoms with Gasteiger partial charge in [-0.1, -0.05) is 12.8 Å². The van der Waals surface area contributed by atoms with E-state index in [0.717, 1.165) is 25.7 Å². The molecule has 0 saturated heterocycles. The third-order valence-corrected chi connectivity index (χ3v) is 2.54. The fourth-order valence-corrected chi connectivity index (χ4v) is 1.82. The van der Waals surface area contributed by atoms with Crippen molar-refractivity contribution in [1.82, 2.24) is 0 Å². The third kappa shape index (κ3) is 2.12. The first-order valence-corrected chi connectivity index (χ1v) is 4.14. The van der Waals surface area contributed by atoms with Crippen molar-refractivity contribution in [3.05, 3.63) is 0 Å². The van der Waals surface area contributed by atoms with Crippen LogP contribution in [0.1, 0.15) is 25.7 Å². The van der Waals surface area contributed by atoms with Gasteiger partial charge in [0.15, 0.2) is 0 Å². The number of alkyl halides is 2. The lowest BCUT2D eigenvalue weighted by atomic mass is 9.92. The SMILES string of the molecule is OCC(C(F)F)C1CCCC1. The van der Waals surface area contributed by atoms with E-state index < -0.39 is 12.3 Å². The number of rotatable bonds is 3. The fraction of sp³-hybridized carbons (Fsp3) is 1.00. The van der Waals surface area contributed by atoms with Gasteiger partial charge < -0.3 is 5.11 Å². The quantitative estimate of drug-likeness (QED) is 0.676. The highest BCUT2D eigenvalue weighted by Crippen LogP contribution is 2.34. The molecule has 0 aliphatic heterocycles. The second kappa shape index (κ2) is 4.00. The van der Waals surface area contributed by atoms with Crippen LogP contribution >= 0.6 is 0 Å². The summed E-state index contributed by atoms with van der Waals surface area (Å²) >= 11 is 0. The van der Waals surface area contributed by atoms with Crippen molar-refractivity contribution in [2.45, 2.75) is 32.1 Å². The Labute approximate surface area is 65.4 Å². The maximum atomic E-state index is 12.2. The second-order valence-corrected chi connectivity index (χ2v) is 3.23. The van der Waals surface area contributed by atoms with Crippen LogP contribution in [0.5, 0.6) is 0 Å². The average molecular weight is 164 g/mol. The molecule has 1 saturated carbocycles. The summed E-state index contributed by atoms with van der Waals surface area (Å²) in [7, 11) is 0. The van der Waals surface area contributed by atoms with E-state index in [0.29, 0.717) is 0 Å². The van der Waals surface area contributed by atoms with E-state index in [2.05, 4.69) is 0 Å². The zero-order valence-electron chi connectivity index (χ0n) is 6.47. The van der Waals surface area contributed by atoms with Crippen LogP contribution in [0.3, 0.4) is 0 Å². The summed E-state index contributed by atoms with van der Waals surface area (Å²) in [5.74, 6) is -0.697. The van der Waals surface area contributed by atoms with Gasteiger partial charge in [0.1, 0.15) is 0 Å². The summed E-state index contributed by atoms with van der Waals surface area (Å²) in [5, 5.41) is 8.68. The summed E-state index contributed by atoms with van der Waals surface area (Å²) in [4.78, 5) is 0. The molecule has 0 aromatic rings. The van der Waals surface area contributed by atoms with Gasteiger partial charge >= 0.3 is 0 Å².